The third kappa shape index (κ3) is 6.42. The average molecular weight is 552 g/mol. The number of halogens is 1. The number of nitrogens with one attached hydrogen (secondary N) is 3. The molecule has 3 aliphatic carbocycles. The van der Waals surface area contributed by atoms with Gasteiger partial charge in [-0.05, 0) is 82.4 Å². The Bertz CT molecular complexity index is 844. The van der Waals surface area contributed by atoms with E-state index in [1.165, 1.54) is 5.71 Å². The minimum Gasteiger partial charge on any atom is -0.427 e. The first-order chi connectivity index (χ1) is 18.3. The van der Waals surface area contributed by atoms with E-state index in [9.17, 15) is 14.8 Å². The van der Waals surface area contributed by atoms with Crippen molar-refractivity contribution in [2.75, 3.05) is 13.7 Å². The zero-order valence-corrected chi connectivity index (χ0v) is 23.8. The van der Waals surface area contributed by atoms with Crippen LogP contribution in [0.2, 0.25) is 5.82 Å². The van der Waals surface area contributed by atoms with Crippen molar-refractivity contribution in [1.82, 2.24) is 21.1 Å². The molecule has 0 spiro atoms. The molecule has 0 radical (unpaired) electrons. The molecule has 2 heterocycles. The minimum atomic E-state index is -1.27. The van der Waals surface area contributed by atoms with Crippen molar-refractivity contribution < 1.29 is 19.6 Å². The second-order valence-corrected chi connectivity index (χ2v) is 13.1. The Balaban J connectivity index is 1.34. The molecule has 1 amide bonds. The average Bonchev–Trinajstić information content (AvgIpc) is 3.25. The van der Waals surface area contributed by atoms with Crippen LogP contribution >= 0.6 is 11.6 Å². The molecule has 1 saturated heterocycles. The Morgan fingerprint density at radius 1 is 1.13 bits per heavy atom. The number of alkyl halides is 1. The number of ether oxygens (including phenoxy) is 1. The maximum absolute atomic E-state index is 13.3. The number of hydrazine groups is 1. The van der Waals surface area contributed by atoms with E-state index in [2.05, 4.69) is 28.0 Å². The van der Waals surface area contributed by atoms with E-state index in [0.29, 0.717) is 30.8 Å². The van der Waals surface area contributed by atoms with Crippen molar-refractivity contribution in [3.8, 4) is 0 Å². The third-order valence-electron chi connectivity index (χ3n) is 10.1. The highest BCUT2D eigenvalue weighted by atomic mass is 35.5. The van der Waals surface area contributed by atoms with Gasteiger partial charge in [0, 0.05) is 36.7 Å². The summed E-state index contributed by atoms with van der Waals surface area (Å²) in [5, 5.41) is 22.7. The summed E-state index contributed by atoms with van der Waals surface area (Å²) < 4.78 is 5.85. The van der Waals surface area contributed by atoms with Gasteiger partial charge in [-0.3, -0.25) is 14.7 Å². The summed E-state index contributed by atoms with van der Waals surface area (Å²) >= 11 is 6.49. The number of nitrogens with zero attached hydrogens (tertiary/aromatic N) is 2. The molecule has 7 unspecified atom stereocenters. The van der Waals surface area contributed by atoms with Gasteiger partial charge < -0.3 is 20.1 Å². The molecule has 3 saturated carbocycles. The Labute approximate surface area is 233 Å². The molecule has 9 nitrogen and oxygen atoms in total. The molecule has 0 aromatic rings. The predicted molar refractivity (Wildman–Crippen MR) is 150 cm³/mol. The van der Waals surface area contributed by atoms with Gasteiger partial charge in [0.1, 0.15) is 0 Å². The number of amides is 1. The third-order valence-corrected chi connectivity index (χ3v) is 10.5. The Hall–Kier alpha value is -0.745. The van der Waals surface area contributed by atoms with Crippen LogP contribution < -0.4 is 16.2 Å². The van der Waals surface area contributed by atoms with Crippen molar-refractivity contribution in [3.63, 3.8) is 0 Å². The number of aliphatic imine (C=N–C) groups is 1. The van der Waals surface area contributed by atoms with Gasteiger partial charge in [-0.2, -0.15) is 0 Å². The SMILES string of the molecule is COC1CCC2C(C1)C(C1CCC(Cl)CC1)=N[C@@H](CC(=O)NCC1CCCC(B(O)O)C1)C1NNC(C)N21. The number of carbonyl (C=O) groups excluding carboxylic acids is 1. The van der Waals surface area contributed by atoms with Crippen LogP contribution in [0.25, 0.3) is 0 Å². The second-order valence-electron chi connectivity index (χ2n) is 12.5. The second kappa shape index (κ2) is 12.8. The summed E-state index contributed by atoms with van der Waals surface area (Å²) in [7, 11) is 0.557. The van der Waals surface area contributed by atoms with Gasteiger partial charge in [0.25, 0.3) is 0 Å². The highest BCUT2D eigenvalue weighted by Crippen LogP contribution is 2.42. The quantitative estimate of drug-likeness (QED) is 0.244. The van der Waals surface area contributed by atoms with Gasteiger partial charge in [-0.25, -0.2) is 10.9 Å². The van der Waals surface area contributed by atoms with Gasteiger partial charge >= 0.3 is 7.12 Å². The number of rotatable bonds is 7. The van der Waals surface area contributed by atoms with E-state index in [4.69, 9.17) is 21.3 Å². The molecular formula is C27H47BClN5O4. The summed E-state index contributed by atoms with van der Waals surface area (Å²) in [4.78, 5) is 21.3. The number of hydrogen-bond donors (Lipinski definition) is 5. The molecule has 0 aromatic carbocycles. The Morgan fingerprint density at radius 2 is 1.92 bits per heavy atom. The largest absolute Gasteiger partial charge is 0.454 e. The number of methoxy groups -OCH3 is 1. The van der Waals surface area contributed by atoms with Gasteiger partial charge in [0.2, 0.25) is 5.91 Å². The maximum Gasteiger partial charge on any atom is 0.454 e. The van der Waals surface area contributed by atoms with Crippen LogP contribution in [0.3, 0.4) is 0 Å². The standard InChI is InChI=1S/C27H47BClN5O4/c1-16-32-33-27-23(14-25(35)30-15-17-4-3-5-19(12-17)28(36)37)31-26(18-6-8-20(29)9-7-18)22-13-21(38-2)10-11-24(22)34(16)27/h16-24,27,32-33,36-37H,3-15H2,1-2H3,(H,30,35)/t16?,17?,18?,19?,20?,21?,22?,23-,24?,27?/m0/s1. The molecule has 38 heavy (non-hydrogen) atoms. The fourth-order valence-electron chi connectivity index (χ4n) is 7.97. The van der Waals surface area contributed by atoms with Gasteiger partial charge in [-0.15, -0.1) is 11.6 Å². The van der Waals surface area contributed by atoms with Crippen molar-refractivity contribution in [2.45, 2.75) is 126 Å². The van der Waals surface area contributed by atoms with Crippen LogP contribution in [-0.2, 0) is 9.53 Å². The molecule has 5 rings (SSSR count). The Morgan fingerprint density at radius 3 is 2.66 bits per heavy atom. The molecular weight excluding hydrogens is 505 g/mol. The predicted octanol–water partition coefficient (Wildman–Crippen LogP) is 2.41. The monoisotopic (exact) mass is 551 g/mol. The topological polar surface area (TPSA) is 118 Å². The first-order valence-electron chi connectivity index (χ1n) is 15.0. The van der Waals surface area contributed by atoms with E-state index in [1.807, 2.05) is 7.11 Å². The first kappa shape index (κ1) is 28.8. The van der Waals surface area contributed by atoms with Crippen LogP contribution in [0, 0.1) is 17.8 Å². The lowest BCUT2D eigenvalue weighted by Crippen LogP contribution is -2.55. The lowest BCUT2D eigenvalue weighted by atomic mass is 9.62. The molecule has 4 fully saturated rings. The molecule has 2 aliphatic heterocycles. The van der Waals surface area contributed by atoms with Crippen molar-refractivity contribution in [3.05, 3.63) is 0 Å². The minimum absolute atomic E-state index is 0.0233. The number of hydrogen-bond acceptors (Lipinski definition) is 8. The van der Waals surface area contributed by atoms with Crippen LogP contribution in [0.1, 0.15) is 84.0 Å². The fraction of sp³-hybridized carbons (Fsp3) is 0.926. The van der Waals surface area contributed by atoms with Gasteiger partial charge in [0.05, 0.1) is 30.9 Å². The summed E-state index contributed by atoms with van der Waals surface area (Å²) in [6.07, 6.45) is 11.6. The summed E-state index contributed by atoms with van der Waals surface area (Å²) in [5.74, 6) is 0.969. The van der Waals surface area contributed by atoms with Gasteiger partial charge in [0.15, 0.2) is 0 Å². The molecule has 0 bridgehead atoms. The van der Waals surface area contributed by atoms with E-state index >= 15 is 0 Å². The zero-order valence-electron chi connectivity index (χ0n) is 23.0. The first-order valence-corrected chi connectivity index (χ1v) is 15.4. The van der Waals surface area contributed by atoms with Crippen molar-refractivity contribution in [2.24, 2.45) is 22.7 Å². The zero-order chi connectivity index (χ0) is 26.8. The van der Waals surface area contributed by atoms with E-state index < -0.39 is 7.12 Å². The summed E-state index contributed by atoms with van der Waals surface area (Å²) in [6.45, 7) is 2.78. The highest BCUT2D eigenvalue weighted by molar-refractivity contribution is 6.43. The molecule has 0 aromatic heterocycles. The van der Waals surface area contributed by atoms with Crippen LogP contribution in [-0.4, -0.2) is 83.2 Å². The lowest BCUT2D eigenvalue weighted by molar-refractivity contribution is -0.122. The van der Waals surface area contributed by atoms with Gasteiger partial charge in [-0.1, -0.05) is 12.8 Å². The lowest BCUT2D eigenvalue weighted by Gasteiger charge is -2.44. The molecule has 11 heteroatoms. The van der Waals surface area contributed by atoms with E-state index in [0.717, 1.165) is 70.6 Å². The molecule has 214 valence electrons. The maximum atomic E-state index is 13.3. The number of fused-ring (bicyclic) bond motifs is 3. The molecule has 5 N–H and O–H groups in total. The van der Waals surface area contributed by atoms with Crippen LogP contribution in [0.4, 0.5) is 0 Å². The molecule has 5 aliphatic rings. The molecule has 8 atom stereocenters. The smallest absolute Gasteiger partial charge is 0.427 e. The van der Waals surface area contributed by atoms with E-state index in [-0.39, 0.29) is 47.5 Å². The Kier molecular flexibility index (Phi) is 9.72. The number of carbonyl (C=O) groups is 1. The highest BCUT2D eigenvalue weighted by Gasteiger charge is 2.50. The normalized spacial score (nSPS) is 42.0. The fourth-order valence-corrected chi connectivity index (χ4v) is 8.22. The van der Waals surface area contributed by atoms with Crippen molar-refractivity contribution in [1.29, 1.82) is 0 Å². The van der Waals surface area contributed by atoms with Crippen LogP contribution in [0.5, 0.6) is 0 Å². The van der Waals surface area contributed by atoms with E-state index in [1.54, 1.807) is 0 Å². The summed E-state index contributed by atoms with van der Waals surface area (Å²) in [6, 6.07) is 0.189. The van der Waals surface area contributed by atoms with Crippen molar-refractivity contribution >= 4 is 30.3 Å². The van der Waals surface area contributed by atoms with Crippen LogP contribution in [0.15, 0.2) is 4.99 Å². The summed E-state index contributed by atoms with van der Waals surface area (Å²) in [5.41, 5.74) is 8.23.